The number of hydrogen-bond donors (Lipinski definition) is 0. The fourth-order valence-corrected chi connectivity index (χ4v) is 2.69. The zero-order valence-corrected chi connectivity index (χ0v) is 11.7. The standard InChI is InChI=1S/C17H19NO/c1-12-7-14-10-18(11-15(14)8-13(12)2)16-5-4-6-17(9-16)19-3/h4-9H,10-11H2,1-3H3. The zero-order valence-electron chi connectivity index (χ0n) is 11.7. The number of aryl methyl sites for hydroxylation is 2. The van der Waals surface area contributed by atoms with Gasteiger partial charge in [0.05, 0.1) is 7.11 Å². The van der Waals surface area contributed by atoms with E-state index >= 15 is 0 Å². The molecule has 2 aromatic rings. The molecule has 0 amide bonds. The first-order valence-corrected chi connectivity index (χ1v) is 6.65. The molecule has 0 radical (unpaired) electrons. The van der Waals surface area contributed by atoms with Crippen LogP contribution in [-0.2, 0) is 13.1 Å². The molecular weight excluding hydrogens is 234 g/mol. The Balaban J connectivity index is 1.90. The molecule has 0 unspecified atom stereocenters. The molecule has 1 aliphatic heterocycles. The molecule has 1 heterocycles. The summed E-state index contributed by atoms with van der Waals surface area (Å²) in [5.41, 5.74) is 6.89. The quantitative estimate of drug-likeness (QED) is 0.806. The van der Waals surface area contributed by atoms with E-state index in [1.165, 1.54) is 27.9 Å². The van der Waals surface area contributed by atoms with Gasteiger partial charge in [-0.3, -0.25) is 0 Å². The van der Waals surface area contributed by atoms with E-state index in [2.05, 4.69) is 43.0 Å². The van der Waals surface area contributed by atoms with Gasteiger partial charge >= 0.3 is 0 Å². The van der Waals surface area contributed by atoms with Crippen LogP contribution in [-0.4, -0.2) is 7.11 Å². The van der Waals surface area contributed by atoms with Crippen molar-refractivity contribution in [3.63, 3.8) is 0 Å². The van der Waals surface area contributed by atoms with E-state index < -0.39 is 0 Å². The molecule has 0 saturated carbocycles. The van der Waals surface area contributed by atoms with Crippen LogP contribution < -0.4 is 9.64 Å². The highest BCUT2D eigenvalue weighted by atomic mass is 16.5. The second-order valence-electron chi connectivity index (χ2n) is 5.26. The van der Waals surface area contributed by atoms with Gasteiger partial charge in [0, 0.05) is 24.8 Å². The maximum atomic E-state index is 5.30. The van der Waals surface area contributed by atoms with Gasteiger partial charge in [0.25, 0.3) is 0 Å². The predicted molar refractivity (Wildman–Crippen MR) is 78.8 cm³/mol. The van der Waals surface area contributed by atoms with E-state index in [9.17, 15) is 0 Å². The predicted octanol–water partition coefficient (Wildman–Crippen LogP) is 3.83. The van der Waals surface area contributed by atoms with Gasteiger partial charge < -0.3 is 9.64 Å². The zero-order chi connectivity index (χ0) is 13.4. The minimum Gasteiger partial charge on any atom is -0.497 e. The van der Waals surface area contributed by atoms with Gasteiger partial charge in [-0.05, 0) is 48.2 Å². The van der Waals surface area contributed by atoms with Crippen LogP contribution in [0.5, 0.6) is 5.75 Å². The van der Waals surface area contributed by atoms with E-state index in [4.69, 9.17) is 4.74 Å². The normalized spacial score (nSPS) is 13.5. The van der Waals surface area contributed by atoms with Crippen molar-refractivity contribution in [2.24, 2.45) is 0 Å². The lowest BCUT2D eigenvalue weighted by molar-refractivity contribution is 0.415. The lowest BCUT2D eigenvalue weighted by atomic mass is 10.0. The highest BCUT2D eigenvalue weighted by molar-refractivity contribution is 5.55. The second kappa shape index (κ2) is 4.61. The smallest absolute Gasteiger partial charge is 0.120 e. The van der Waals surface area contributed by atoms with Gasteiger partial charge in [-0.15, -0.1) is 0 Å². The van der Waals surface area contributed by atoms with Crippen molar-refractivity contribution in [3.05, 3.63) is 58.7 Å². The molecule has 0 fully saturated rings. The van der Waals surface area contributed by atoms with Crippen LogP contribution in [0.15, 0.2) is 36.4 Å². The Morgan fingerprint density at radius 1 is 0.947 bits per heavy atom. The third kappa shape index (κ3) is 2.19. The maximum absolute atomic E-state index is 5.30. The van der Waals surface area contributed by atoms with Crippen LogP contribution in [0.1, 0.15) is 22.3 Å². The minimum absolute atomic E-state index is 0.917. The summed E-state index contributed by atoms with van der Waals surface area (Å²) in [5.74, 6) is 0.917. The molecule has 2 heteroatoms. The molecule has 3 rings (SSSR count). The number of ether oxygens (including phenoxy) is 1. The van der Waals surface area contributed by atoms with Gasteiger partial charge in [-0.2, -0.15) is 0 Å². The number of hydrogen-bond acceptors (Lipinski definition) is 2. The Morgan fingerprint density at radius 3 is 2.16 bits per heavy atom. The summed E-state index contributed by atoms with van der Waals surface area (Å²) in [4.78, 5) is 2.39. The number of anilines is 1. The molecule has 0 N–H and O–H groups in total. The first-order chi connectivity index (χ1) is 9.17. The lowest BCUT2D eigenvalue weighted by Crippen LogP contribution is -2.14. The van der Waals surface area contributed by atoms with Crippen LogP contribution in [0.25, 0.3) is 0 Å². The van der Waals surface area contributed by atoms with Gasteiger partial charge in [0.1, 0.15) is 5.75 Å². The summed E-state index contributed by atoms with van der Waals surface area (Å²) in [6.07, 6.45) is 0. The second-order valence-corrected chi connectivity index (χ2v) is 5.26. The van der Waals surface area contributed by atoms with Crippen molar-refractivity contribution in [1.82, 2.24) is 0 Å². The summed E-state index contributed by atoms with van der Waals surface area (Å²) in [7, 11) is 1.71. The molecule has 0 spiro atoms. The molecule has 19 heavy (non-hydrogen) atoms. The van der Waals surface area contributed by atoms with E-state index in [0.29, 0.717) is 0 Å². The molecular formula is C17H19NO. The highest BCUT2D eigenvalue weighted by Gasteiger charge is 2.20. The average molecular weight is 253 g/mol. The number of fused-ring (bicyclic) bond motifs is 1. The van der Waals surface area contributed by atoms with E-state index in [-0.39, 0.29) is 0 Å². The maximum Gasteiger partial charge on any atom is 0.120 e. The molecule has 0 aliphatic carbocycles. The fraction of sp³-hybridized carbons (Fsp3) is 0.294. The SMILES string of the molecule is COc1cccc(N2Cc3cc(C)c(C)cc3C2)c1. The average Bonchev–Trinajstić information content (AvgIpc) is 2.82. The Labute approximate surface area is 114 Å². The fourth-order valence-electron chi connectivity index (χ4n) is 2.69. The van der Waals surface area contributed by atoms with Crippen LogP contribution in [0, 0.1) is 13.8 Å². The molecule has 1 aliphatic rings. The summed E-state index contributed by atoms with van der Waals surface area (Å²) in [5, 5.41) is 0. The highest BCUT2D eigenvalue weighted by Crippen LogP contribution is 2.31. The van der Waals surface area contributed by atoms with Crippen molar-refractivity contribution >= 4 is 5.69 Å². The summed E-state index contributed by atoms with van der Waals surface area (Å²) in [6, 6.07) is 12.9. The van der Waals surface area contributed by atoms with Crippen LogP contribution in [0.2, 0.25) is 0 Å². The Kier molecular flexibility index (Phi) is 2.94. The number of rotatable bonds is 2. The van der Waals surface area contributed by atoms with Crippen LogP contribution in [0.4, 0.5) is 5.69 Å². The van der Waals surface area contributed by atoms with E-state index in [1.54, 1.807) is 7.11 Å². The van der Waals surface area contributed by atoms with Gasteiger partial charge in [-0.25, -0.2) is 0 Å². The van der Waals surface area contributed by atoms with Crippen molar-refractivity contribution in [2.75, 3.05) is 12.0 Å². The molecule has 0 atom stereocenters. The van der Waals surface area contributed by atoms with Crippen molar-refractivity contribution in [2.45, 2.75) is 26.9 Å². The van der Waals surface area contributed by atoms with Crippen LogP contribution >= 0.6 is 0 Å². The molecule has 2 nitrogen and oxygen atoms in total. The molecule has 0 bridgehead atoms. The van der Waals surface area contributed by atoms with Crippen molar-refractivity contribution in [3.8, 4) is 5.75 Å². The third-order valence-electron chi connectivity index (χ3n) is 3.96. The van der Waals surface area contributed by atoms with Gasteiger partial charge in [-0.1, -0.05) is 18.2 Å². The third-order valence-corrected chi connectivity index (χ3v) is 3.96. The summed E-state index contributed by atoms with van der Waals surface area (Å²) < 4.78 is 5.30. The summed E-state index contributed by atoms with van der Waals surface area (Å²) >= 11 is 0. The number of methoxy groups -OCH3 is 1. The van der Waals surface area contributed by atoms with E-state index in [0.717, 1.165) is 18.8 Å². The minimum atomic E-state index is 0.917. The monoisotopic (exact) mass is 253 g/mol. The van der Waals surface area contributed by atoms with Gasteiger partial charge in [0.15, 0.2) is 0 Å². The van der Waals surface area contributed by atoms with Crippen molar-refractivity contribution in [1.29, 1.82) is 0 Å². The Morgan fingerprint density at radius 2 is 1.58 bits per heavy atom. The topological polar surface area (TPSA) is 12.5 Å². The molecule has 98 valence electrons. The van der Waals surface area contributed by atoms with Gasteiger partial charge in [0.2, 0.25) is 0 Å². The lowest BCUT2D eigenvalue weighted by Gasteiger charge is -2.18. The number of benzene rings is 2. The largest absolute Gasteiger partial charge is 0.497 e. The molecule has 0 saturated heterocycles. The molecule has 2 aromatic carbocycles. The van der Waals surface area contributed by atoms with E-state index in [1.807, 2.05) is 12.1 Å². The summed E-state index contributed by atoms with van der Waals surface area (Å²) in [6.45, 7) is 6.35. The Bertz CT molecular complexity index is 588. The van der Waals surface area contributed by atoms with Crippen LogP contribution in [0.3, 0.4) is 0 Å². The van der Waals surface area contributed by atoms with Crippen molar-refractivity contribution < 1.29 is 4.74 Å². The molecule has 0 aromatic heterocycles. The first kappa shape index (κ1) is 12.1. The number of nitrogens with zero attached hydrogens (tertiary/aromatic N) is 1. The Hall–Kier alpha value is -1.96. The first-order valence-electron chi connectivity index (χ1n) is 6.65.